The number of benzene rings is 1. The van der Waals surface area contributed by atoms with Crippen LogP contribution < -0.4 is 0 Å². The first-order valence-corrected chi connectivity index (χ1v) is 6.54. The SMILES string of the molecule is CCSc1ccc(-c2nc(O)cs2)cc1. The van der Waals surface area contributed by atoms with Crippen molar-refractivity contribution in [2.75, 3.05) is 5.75 Å². The molecular formula is C11H11NOS2. The molecule has 0 amide bonds. The Morgan fingerprint density at radius 1 is 1.33 bits per heavy atom. The van der Waals surface area contributed by atoms with E-state index in [1.807, 2.05) is 23.9 Å². The highest BCUT2D eigenvalue weighted by molar-refractivity contribution is 7.99. The number of rotatable bonds is 3. The lowest BCUT2D eigenvalue weighted by molar-refractivity contribution is 0.458. The molecule has 1 aromatic carbocycles. The molecule has 2 rings (SSSR count). The van der Waals surface area contributed by atoms with Gasteiger partial charge in [-0.2, -0.15) is 0 Å². The van der Waals surface area contributed by atoms with Crippen molar-refractivity contribution in [3.05, 3.63) is 29.6 Å². The largest absolute Gasteiger partial charge is 0.493 e. The molecule has 1 heterocycles. The Labute approximate surface area is 97.0 Å². The summed E-state index contributed by atoms with van der Waals surface area (Å²) in [7, 11) is 0. The van der Waals surface area contributed by atoms with Gasteiger partial charge in [-0.25, -0.2) is 4.98 Å². The van der Waals surface area contributed by atoms with Crippen LogP contribution in [0.1, 0.15) is 6.92 Å². The first-order chi connectivity index (χ1) is 7.29. The third-order valence-corrected chi connectivity index (χ3v) is 3.68. The van der Waals surface area contributed by atoms with Crippen molar-refractivity contribution in [2.45, 2.75) is 11.8 Å². The van der Waals surface area contributed by atoms with Crippen molar-refractivity contribution in [2.24, 2.45) is 0 Å². The van der Waals surface area contributed by atoms with E-state index in [2.05, 4.69) is 24.0 Å². The number of aromatic nitrogens is 1. The van der Waals surface area contributed by atoms with Gasteiger partial charge in [-0.3, -0.25) is 0 Å². The average Bonchev–Trinajstić information content (AvgIpc) is 2.67. The summed E-state index contributed by atoms with van der Waals surface area (Å²) in [6.07, 6.45) is 0. The van der Waals surface area contributed by atoms with Crippen LogP contribution in [0.15, 0.2) is 34.5 Å². The van der Waals surface area contributed by atoms with E-state index in [-0.39, 0.29) is 5.88 Å². The zero-order valence-corrected chi connectivity index (χ0v) is 9.94. The Morgan fingerprint density at radius 2 is 2.07 bits per heavy atom. The molecule has 0 atom stereocenters. The normalized spacial score (nSPS) is 10.5. The molecule has 0 saturated heterocycles. The zero-order chi connectivity index (χ0) is 10.7. The van der Waals surface area contributed by atoms with Gasteiger partial charge >= 0.3 is 0 Å². The van der Waals surface area contributed by atoms with Crippen LogP contribution in [0.5, 0.6) is 5.88 Å². The van der Waals surface area contributed by atoms with Crippen LogP contribution in [0.25, 0.3) is 10.6 Å². The van der Waals surface area contributed by atoms with Gasteiger partial charge in [0.2, 0.25) is 5.88 Å². The van der Waals surface area contributed by atoms with Gasteiger partial charge in [-0.15, -0.1) is 23.1 Å². The number of hydrogen-bond acceptors (Lipinski definition) is 4. The van der Waals surface area contributed by atoms with Crippen molar-refractivity contribution in [1.82, 2.24) is 4.98 Å². The van der Waals surface area contributed by atoms with Gasteiger partial charge in [0.05, 0.1) is 5.38 Å². The van der Waals surface area contributed by atoms with Gasteiger partial charge in [0, 0.05) is 10.5 Å². The summed E-state index contributed by atoms with van der Waals surface area (Å²) in [4.78, 5) is 5.29. The minimum absolute atomic E-state index is 0.0991. The Hall–Kier alpha value is -1.00. The first-order valence-electron chi connectivity index (χ1n) is 4.67. The molecule has 0 aliphatic heterocycles. The number of thioether (sulfide) groups is 1. The van der Waals surface area contributed by atoms with Crippen LogP contribution in [0, 0.1) is 0 Å². The Bertz CT molecular complexity index is 436. The van der Waals surface area contributed by atoms with Crippen LogP contribution in [-0.2, 0) is 0 Å². The Balaban J connectivity index is 2.23. The van der Waals surface area contributed by atoms with Gasteiger partial charge in [0.1, 0.15) is 5.01 Å². The molecule has 0 radical (unpaired) electrons. The second-order valence-electron chi connectivity index (χ2n) is 2.97. The van der Waals surface area contributed by atoms with E-state index in [4.69, 9.17) is 5.11 Å². The third kappa shape index (κ3) is 2.52. The van der Waals surface area contributed by atoms with E-state index in [9.17, 15) is 0 Å². The molecule has 0 bridgehead atoms. The molecule has 0 fully saturated rings. The molecule has 1 aromatic heterocycles. The molecule has 0 aliphatic rings. The van der Waals surface area contributed by atoms with E-state index in [1.165, 1.54) is 16.2 Å². The summed E-state index contributed by atoms with van der Waals surface area (Å²) in [5, 5.41) is 11.7. The minimum atomic E-state index is 0.0991. The lowest BCUT2D eigenvalue weighted by Gasteiger charge is -1.99. The van der Waals surface area contributed by atoms with Gasteiger partial charge in [-0.05, 0) is 17.9 Å². The summed E-state index contributed by atoms with van der Waals surface area (Å²) in [5.41, 5.74) is 1.06. The van der Waals surface area contributed by atoms with Crippen LogP contribution in [0.3, 0.4) is 0 Å². The molecule has 15 heavy (non-hydrogen) atoms. The predicted molar refractivity (Wildman–Crippen MR) is 65.6 cm³/mol. The monoisotopic (exact) mass is 237 g/mol. The van der Waals surface area contributed by atoms with E-state index >= 15 is 0 Å². The van der Waals surface area contributed by atoms with Crippen molar-refractivity contribution in [3.8, 4) is 16.5 Å². The Kier molecular flexibility index (Phi) is 3.28. The fourth-order valence-electron chi connectivity index (χ4n) is 1.26. The van der Waals surface area contributed by atoms with E-state index < -0.39 is 0 Å². The van der Waals surface area contributed by atoms with Gasteiger partial charge in [0.15, 0.2) is 0 Å². The summed E-state index contributed by atoms with van der Waals surface area (Å²) in [6.45, 7) is 2.14. The Morgan fingerprint density at radius 3 is 2.60 bits per heavy atom. The molecule has 78 valence electrons. The molecule has 0 saturated carbocycles. The molecule has 0 spiro atoms. The fraction of sp³-hybridized carbons (Fsp3) is 0.182. The highest BCUT2D eigenvalue weighted by Gasteiger charge is 2.03. The molecule has 2 aromatic rings. The third-order valence-electron chi connectivity index (χ3n) is 1.90. The highest BCUT2D eigenvalue weighted by atomic mass is 32.2. The van der Waals surface area contributed by atoms with E-state index in [0.29, 0.717) is 0 Å². The van der Waals surface area contributed by atoms with Crippen LogP contribution >= 0.6 is 23.1 Å². The maximum atomic E-state index is 9.15. The lowest BCUT2D eigenvalue weighted by atomic mass is 10.2. The second kappa shape index (κ2) is 4.68. The smallest absolute Gasteiger partial charge is 0.222 e. The average molecular weight is 237 g/mol. The maximum absolute atomic E-state index is 9.15. The number of thiazole rings is 1. The topological polar surface area (TPSA) is 33.1 Å². The fourth-order valence-corrected chi connectivity index (χ4v) is 2.61. The second-order valence-corrected chi connectivity index (χ2v) is 5.16. The molecule has 4 heteroatoms. The van der Waals surface area contributed by atoms with E-state index in [0.717, 1.165) is 16.3 Å². The van der Waals surface area contributed by atoms with Crippen LogP contribution in [-0.4, -0.2) is 15.8 Å². The van der Waals surface area contributed by atoms with E-state index in [1.54, 1.807) is 5.38 Å². The standard InChI is InChI=1S/C11H11NOS2/c1-2-14-9-5-3-8(4-6-9)11-12-10(13)7-15-11/h3-7,13H,2H2,1H3. The first kappa shape index (κ1) is 10.5. The van der Waals surface area contributed by atoms with Crippen molar-refractivity contribution in [3.63, 3.8) is 0 Å². The van der Waals surface area contributed by atoms with Gasteiger partial charge in [0.25, 0.3) is 0 Å². The highest BCUT2D eigenvalue weighted by Crippen LogP contribution is 2.28. The maximum Gasteiger partial charge on any atom is 0.222 e. The summed E-state index contributed by atoms with van der Waals surface area (Å²) in [6, 6.07) is 8.25. The molecule has 2 nitrogen and oxygen atoms in total. The van der Waals surface area contributed by atoms with Crippen molar-refractivity contribution >= 4 is 23.1 Å². The minimum Gasteiger partial charge on any atom is -0.493 e. The molecule has 0 aliphatic carbocycles. The number of hydrogen-bond donors (Lipinski definition) is 1. The van der Waals surface area contributed by atoms with Crippen LogP contribution in [0.4, 0.5) is 0 Å². The number of nitrogens with zero attached hydrogens (tertiary/aromatic N) is 1. The van der Waals surface area contributed by atoms with Crippen molar-refractivity contribution < 1.29 is 5.11 Å². The van der Waals surface area contributed by atoms with Gasteiger partial charge < -0.3 is 5.11 Å². The zero-order valence-electron chi connectivity index (χ0n) is 8.30. The molecular weight excluding hydrogens is 226 g/mol. The molecule has 1 N–H and O–H groups in total. The van der Waals surface area contributed by atoms with Crippen molar-refractivity contribution in [1.29, 1.82) is 0 Å². The molecule has 0 unspecified atom stereocenters. The quantitative estimate of drug-likeness (QED) is 0.827. The van der Waals surface area contributed by atoms with Crippen LogP contribution in [0.2, 0.25) is 0 Å². The predicted octanol–water partition coefficient (Wildman–Crippen LogP) is 3.63. The number of aromatic hydroxyl groups is 1. The summed E-state index contributed by atoms with van der Waals surface area (Å²) in [5.74, 6) is 1.18. The summed E-state index contributed by atoms with van der Waals surface area (Å²) >= 11 is 3.27. The summed E-state index contributed by atoms with van der Waals surface area (Å²) < 4.78 is 0. The van der Waals surface area contributed by atoms with Gasteiger partial charge in [-0.1, -0.05) is 19.1 Å². The lowest BCUT2D eigenvalue weighted by Crippen LogP contribution is -1.77.